The molecule has 3 nitrogen and oxygen atoms in total. The average Bonchev–Trinajstić information content (AvgIpc) is 2.39. The van der Waals surface area contributed by atoms with Gasteiger partial charge in [0.1, 0.15) is 5.82 Å². The van der Waals surface area contributed by atoms with Gasteiger partial charge in [-0.3, -0.25) is 0 Å². The molecule has 1 aromatic rings. The fraction of sp³-hybridized carbons (Fsp3) is 0.750. The first-order valence-electron chi connectivity index (χ1n) is 7.70. The second kappa shape index (κ2) is 6.47. The van der Waals surface area contributed by atoms with E-state index in [9.17, 15) is 0 Å². The molecular formula is C16H27N3. The van der Waals surface area contributed by atoms with Crippen molar-refractivity contribution in [3.05, 3.63) is 23.3 Å². The summed E-state index contributed by atoms with van der Waals surface area (Å²) in [4.78, 5) is 9.26. The maximum Gasteiger partial charge on any atom is 0.131 e. The number of rotatable bonds is 4. The predicted octanol–water partition coefficient (Wildman–Crippen LogP) is 3.88. The fourth-order valence-electron chi connectivity index (χ4n) is 3.26. The third-order valence-corrected chi connectivity index (χ3v) is 4.44. The highest BCUT2D eigenvalue weighted by Crippen LogP contribution is 2.36. The Kier molecular flexibility index (Phi) is 4.92. The minimum atomic E-state index is 0.0225. The largest absolute Gasteiger partial charge is 0.324 e. The van der Waals surface area contributed by atoms with E-state index in [-0.39, 0.29) is 6.04 Å². The van der Waals surface area contributed by atoms with E-state index >= 15 is 0 Å². The van der Waals surface area contributed by atoms with Crippen LogP contribution in [-0.2, 0) is 0 Å². The van der Waals surface area contributed by atoms with Crippen molar-refractivity contribution in [3.8, 4) is 0 Å². The lowest BCUT2D eigenvalue weighted by Gasteiger charge is -2.27. The van der Waals surface area contributed by atoms with Crippen LogP contribution in [0, 0.1) is 12.8 Å². The Morgan fingerprint density at radius 3 is 2.53 bits per heavy atom. The van der Waals surface area contributed by atoms with Crippen molar-refractivity contribution in [2.75, 3.05) is 0 Å². The fourth-order valence-corrected chi connectivity index (χ4v) is 3.26. The van der Waals surface area contributed by atoms with Crippen LogP contribution in [0.5, 0.6) is 0 Å². The molecule has 106 valence electrons. The van der Waals surface area contributed by atoms with Crippen LogP contribution in [0.25, 0.3) is 0 Å². The van der Waals surface area contributed by atoms with Gasteiger partial charge >= 0.3 is 0 Å². The van der Waals surface area contributed by atoms with Crippen molar-refractivity contribution >= 4 is 0 Å². The summed E-state index contributed by atoms with van der Waals surface area (Å²) in [5.41, 5.74) is 8.04. The lowest BCUT2D eigenvalue weighted by atomic mass is 9.79. The molecule has 0 aliphatic heterocycles. The van der Waals surface area contributed by atoms with Crippen molar-refractivity contribution in [2.24, 2.45) is 11.7 Å². The molecule has 0 bridgehead atoms. The van der Waals surface area contributed by atoms with Gasteiger partial charge in [0.05, 0.1) is 0 Å². The maximum atomic E-state index is 5.91. The zero-order chi connectivity index (χ0) is 13.8. The quantitative estimate of drug-likeness (QED) is 0.895. The summed E-state index contributed by atoms with van der Waals surface area (Å²) in [6.45, 7) is 6.32. The Labute approximate surface area is 117 Å². The van der Waals surface area contributed by atoms with E-state index in [4.69, 9.17) is 10.7 Å². The van der Waals surface area contributed by atoms with Gasteiger partial charge in [-0.2, -0.15) is 0 Å². The SMILES string of the molecule is CCCC1CCC(c2ncc(C(C)N)c(C)n2)CC1. The molecule has 2 rings (SSSR count). The zero-order valence-corrected chi connectivity index (χ0v) is 12.5. The van der Waals surface area contributed by atoms with Gasteiger partial charge < -0.3 is 5.73 Å². The Morgan fingerprint density at radius 1 is 1.32 bits per heavy atom. The lowest BCUT2D eigenvalue weighted by Crippen LogP contribution is -2.17. The standard InChI is InChI=1S/C16H27N3/c1-4-5-13-6-8-14(9-7-13)16-18-10-15(11(2)17)12(3)19-16/h10-11,13-14H,4-9,17H2,1-3H3. The van der Waals surface area contributed by atoms with E-state index in [1.54, 1.807) is 0 Å². The molecule has 1 atom stereocenters. The molecule has 0 spiro atoms. The molecule has 2 N–H and O–H groups in total. The molecule has 0 amide bonds. The smallest absolute Gasteiger partial charge is 0.131 e. The molecule has 1 heterocycles. The Morgan fingerprint density at radius 2 is 2.00 bits per heavy atom. The van der Waals surface area contributed by atoms with Gasteiger partial charge in [0, 0.05) is 29.4 Å². The topological polar surface area (TPSA) is 51.8 Å². The average molecular weight is 261 g/mol. The van der Waals surface area contributed by atoms with Crippen LogP contribution in [0.3, 0.4) is 0 Å². The molecule has 1 unspecified atom stereocenters. The number of aromatic nitrogens is 2. The Balaban J connectivity index is 2.02. The van der Waals surface area contributed by atoms with Crippen LogP contribution >= 0.6 is 0 Å². The Hall–Kier alpha value is -0.960. The molecule has 1 aliphatic rings. The predicted molar refractivity (Wildman–Crippen MR) is 79.0 cm³/mol. The number of nitrogens with two attached hydrogens (primary N) is 1. The van der Waals surface area contributed by atoms with Gasteiger partial charge in [0.15, 0.2) is 0 Å². The van der Waals surface area contributed by atoms with Gasteiger partial charge in [-0.25, -0.2) is 9.97 Å². The number of hydrogen-bond acceptors (Lipinski definition) is 3. The van der Waals surface area contributed by atoms with Crippen molar-refractivity contribution in [1.29, 1.82) is 0 Å². The molecule has 1 aromatic heterocycles. The third-order valence-electron chi connectivity index (χ3n) is 4.44. The minimum Gasteiger partial charge on any atom is -0.324 e. The van der Waals surface area contributed by atoms with Crippen molar-refractivity contribution in [1.82, 2.24) is 9.97 Å². The second-order valence-corrected chi connectivity index (χ2v) is 6.06. The molecule has 0 saturated heterocycles. The molecule has 1 aliphatic carbocycles. The monoisotopic (exact) mass is 261 g/mol. The summed E-state index contributed by atoms with van der Waals surface area (Å²) in [5.74, 6) is 2.54. The molecular weight excluding hydrogens is 234 g/mol. The third kappa shape index (κ3) is 3.53. The van der Waals surface area contributed by atoms with Crippen LogP contribution in [-0.4, -0.2) is 9.97 Å². The van der Waals surface area contributed by atoms with Crippen molar-refractivity contribution in [2.45, 2.75) is 71.3 Å². The molecule has 19 heavy (non-hydrogen) atoms. The highest BCUT2D eigenvalue weighted by atomic mass is 14.9. The molecule has 1 fully saturated rings. The van der Waals surface area contributed by atoms with Crippen LogP contribution in [0.4, 0.5) is 0 Å². The summed E-state index contributed by atoms with van der Waals surface area (Å²) < 4.78 is 0. The number of nitrogens with zero attached hydrogens (tertiary/aromatic N) is 2. The van der Waals surface area contributed by atoms with Crippen LogP contribution in [0.15, 0.2) is 6.20 Å². The van der Waals surface area contributed by atoms with Gasteiger partial charge in [0.25, 0.3) is 0 Å². The lowest BCUT2D eigenvalue weighted by molar-refractivity contribution is 0.302. The first kappa shape index (κ1) is 14.4. The van der Waals surface area contributed by atoms with E-state index in [0.29, 0.717) is 5.92 Å². The van der Waals surface area contributed by atoms with E-state index in [0.717, 1.165) is 23.0 Å². The van der Waals surface area contributed by atoms with Crippen LogP contribution in [0.2, 0.25) is 0 Å². The summed E-state index contributed by atoms with van der Waals surface area (Å²) in [7, 11) is 0. The highest BCUT2D eigenvalue weighted by Gasteiger charge is 2.24. The first-order chi connectivity index (χ1) is 9.11. The van der Waals surface area contributed by atoms with Crippen LogP contribution in [0.1, 0.15) is 81.4 Å². The number of hydrogen-bond donors (Lipinski definition) is 1. The van der Waals surface area contributed by atoms with Gasteiger partial charge in [-0.15, -0.1) is 0 Å². The molecule has 0 aromatic carbocycles. The summed E-state index contributed by atoms with van der Waals surface area (Å²) in [6, 6.07) is 0.0225. The highest BCUT2D eigenvalue weighted by molar-refractivity contribution is 5.20. The van der Waals surface area contributed by atoms with E-state index in [2.05, 4.69) is 11.9 Å². The summed E-state index contributed by atoms with van der Waals surface area (Å²) in [5, 5.41) is 0. The van der Waals surface area contributed by atoms with E-state index < -0.39 is 0 Å². The summed E-state index contributed by atoms with van der Waals surface area (Å²) >= 11 is 0. The van der Waals surface area contributed by atoms with Crippen molar-refractivity contribution < 1.29 is 0 Å². The minimum absolute atomic E-state index is 0.0225. The Bertz CT molecular complexity index is 406. The van der Waals surface area contributed by atoms with Gasteiger partial charge in [-0.05, 0) is 45.4 Å². The van der Waals surface area contributed by atoms with Crippen molar-refractivity contribution in [3.63, 3.8) is 0 Å². The first-order valence-corrected chi connectivity index (χ1v) is 7.70. The molecule has 1 saturated carbocycles. The number of aryl methyl sites for hydroxylation is 1. The van der Waals surface area contributed by atoms with Crippen LogP contribution < -0.4 is 5.73 Å². The maximum absolute atomic E-state index is 5.91. The normalized spacial score (nSPS) is 25.3. The van der Waals surface area contributed by atoms with E-state index in [1.807, 2.05) is 20.0 Å². The van der Waals surface area contributed by atoms with Gasteiger partial charge in [0.2, 0.25) is 0 Å². The summed E-state index contributed by atoms with van der Waals surface area (Å²) in [6.07, 6.45) is 9.82. The zero-order valence-electron chi connectivity index (χ0n) is 12.5. The second-order valence-electron chi connectivity index (χ2n) is 6.06. The molecule has 3 heteroatoms. The van der Waals surface area contributed by atoms with E-state index in [1.165, 1.54) is 38.5 Å². The molecule has 0 radical (unpaired) electrons. The van der Waals surface area contributed by atoms with Gasteiger partial charge in [-0.1, -0.05) is 19.8 Å².